The number of hydrogen-bond acceptors (Lipinski definition) is 3. The van der Waals surface area contributed by atoms with E-state index in [9.17, 15) is 10.1 Å². The molecule has 0 N–H and O–H groups in total. The van der Waals surface area contributed by atoms with Gasteiger partial charge in [0.25, 0.3) is 0 Å². The molecule has 0 fully saturated rings. The molecule has 0 saturated heterocycles. The molecule has 5 heteroatoms. The summed E-state index contributed by atoms with van der Waals surface area (Å²) in [6.07, 6.45) is 0. The highest BCUT2D eigenvalue weighted by Crippen LogP contribution is 2.29. The first-order valence-corrected chi connectivity index (χ1v) is 6.66. The standard InChI is InChI=1S/C15H14ClNO3/c1-11-4-2-3-5-13(11)10-20-15-8-12(9-16)6-7-14(15)17(18)19/h2-8H,9-10H2,1H3. The fraction of sp³-hybridized carbons (Fsp3) is 0.200. The van der Waals surface area contributed by atoms with Crippen LogP contribution in [0.4, 0.5) is 5.69 Å². The fourth-order valence-corrected chi connectivity index (χ4v) is 2.00. The highest BCUT2D eigenvalue weighted by molar-refractivity contribution is 6.17. The van der Waals surface area contributed by atoms with Crippen LogP contribution in [0.15, 0.2) is 42.5 Å². The van der Waals surface area contributed by atoms with Crippen LogP contribution in [0.1, 0.15) is 16.7 Å². The Balaban J connectivity index is 2.24. The predicted octanol–water partition coefficient (Wildman–Crippen LogP) is 4.22. The zero-order valence-corrected chi connectivity index (χ0v) is 11.8. The SMILES string of the molecule is Cc1ccccc1COc1cc(CCl)ccc1[N+](=O)[O-]. The van der Waals surface area contributed by atoms with Crippen molar-refractivity contribution in [2.24, 2.45) is 0 Å². The summed E-state index contributed by atoms with van der Waals surface area (Å²) >= 11 is 5.75. The third kappa shape index (κ3) is 3.27. The maximum absolute atomic E-state index is 11.0. The minimum Gasteiger partial charge on any atom is -0.482 e. The summed E-state index contributed by atoms with van der Waals surface area (Å²) in [5, 5.41) is 11.0. The second kappa shape index (κ2) is 6.39. The Morgan fingerprint density at radius 1 is 1.25 bits per heavy atom. The van der Waals surface area contributed by atoms with E-state index < -0.39 is 4.92 Å². The zero-order valence-electron chi connectivity index (χ0n) is 11.0. The summed E-state index contributed by atoms with van der Waals surface area (Å²) in [6.45, 7) is 2.27. The van der Waals surface area contributed by atoms with Crippen molar-refractivity contribution in [1.29, 1.82) is 0 Å². The van der Waals surface area contributed by atoms with E-state index in [1.807, 2.05) is 31.2 Å². The number of alkyl halides is 1. The van der Waals surface area contributed by atoms with E-state index >= 15 is 0 Å². The molecule has 0 radical (unpaired) electrons. The van der Waals surface area contributed by atoms with Gasteiger partial charge in [0, 0.05) is 11.9 Å². The summed E-state index contributed by atoms with van der Waals surface area (Å²) in [7, 11) is 0. The van der Waals surface area contributed by atoms with Crippen LogP contribution in [-0.2, 0) is 12.5 Å². The lowest BCUT2D eigenvalue weighted by Gasteiger charge is -2.09. The summed E-state index contributed by atoms with van der Waals surface area (Å²) in [5.41, 5.74) is 2.83. The average molecular weight is 292 g/mol. The van der Waals surface area contributed by atoms with Crippen molar-refractivity contribution in [3.63, 3.8) is 0 Å². The number of ether oxygens (including phenoxy) is 1. The average Bonchev–Trinajstić information content (AvgIpc) is 2.46. The summed E-state index contributed by atoms with van der Waals surface area (Å²) in [6, 6.07) is 12.4. The summed E-state index contributed by atoms with van der Waals surface area (Å²) < 4.78 is 5.61. The number of aryl methyl sites for hydroxylation is 1. The van der Waals surface area contributed by atoms with Crippen LogP contribution in [0.5, 0.6) is 5.75 Å². The summed E-state index contributed by atoms with van der Waals surface area (Å²) in [4.78, 5) is 10.5. The first kappa shape index (κ1) is 14.3. The van der Waals surface area contributed by atoms with Crippen molar-refractivity contribution in [3.05, 3.63) is 69.3 Å². The molecule has 0 amide bonds. The van der Waals surface area contributed by atoms with Gasteiger partial charge in [0.1, 0.15) is 6.61 Å². The molecule has 20 heavy (non-hydrogen) atoms. The van der Waals surface area contributed by atoms with Gasteiger partial charge < -0.3 is 4.74 Å². The smallest absolute Gasteiger partial charge is 0.310 e. The van der Waals surface area contributed by atoms with Crippen molar-refractivity contribution in [2.75, 3.05) is 0 Å². The van der Waals surface area contributed by atoms with Crippen LogP contribution < -0.4 is 4.74 Å². The monoisotopic (exact) mass is 291 g/mol. The molecule has 104 valence electrons. The molecule has 0 heterocycles. The van der Waals surface area contributed by atoms with Crippen molar-refractivity contribution < 1.29 is 9.66 Å². The molecule has 0 spiro atoms. The Bertz CT molecular complexity index is 628. The predicted molar refractivity (Wildman–Crippen MR) is 78.2 cm³/mol. The van der Waals surface area contributed by atoms with Gasteiger partial charge >= 0.3 is 5.69 Å². The van der Waals surface area contributed by atoms with E-state index in [2.05, 4.69) is 0 Å². The molecule has 2 rings (SSSR count). The molecule has 0 bridgehead atoms. The van der Waals surface area contributed by atoms with Crippen LogP contribution in [0.3, 0.4) is 0 Å². The third-order valence-corrected chi connectivity index (χ3v) is 3.33. The van der Waals surface area contributed by atoms with Gasteiger partial charge in [-0.25, -0.2) is 0 Å². The number of benzene rings is 2. The van der Waals surface area contributed by atoms with E-state index in [4.69, 9.17) is 16.3 Å². The van der Waals surface area contributed by atoms with Crippen LogP contribution in [-0.4, -0.2) is 4.92 Å². The normalized spacial score (nSPS) is 10.3. The molecule has 4 nitrogen and oxygen atoms in total. The van der Waals surface area contributed by atoms with Gasteiger partial charge in [-0.2, -0.15) is 0 Å². The number of nitrogens with zero attached hydrogens (tertiary/aromatic N) is 1. The molecule has 2 aromatic carbocycles. The Morgan fingerprint density at radius 2 is 2.00 bits per heavy atom. The van der Waals surface area contributed by atoms with Gasteiger partial charge in [-0.15, -0.1) is 11.6 Å². The van der Waals surface area contributed by atoms with Crippen molar-refractivity contribution in [2.45, 2.75) is 19.4 Å². The molecular weight excluding hydrogens is 278 g/mol. The van der Waals surface area contributed by atoms with Gasteiger partial charge in [0.2, 0.25) is 0 Å². The van der Waals surface area contributed by atoms with Gasteiger partial charge in [-0.05, 0) is 29.7 Å². The molecule has 0 aliphatic carbocycles. The van der Waals surface area contributed by atoms with Crippen LogP contribution in [0.25, 0.3) is 0 Å². The van der Waals surface area contributed by atoms with Crippen molar-refractivity contribution in [1.82, 2.24) is 0 Å². The largest absolute Gasteiger partial charge is 0.482 e. The van der Waals surface area contributed by atoms with Crippen LogP contribution in [0, 0.1) is 17.0 Å². The molecule has 0 aliphatic rings. The van der Waals surface area contributed by atoms with Crippen molar-refractivity contribution >= 4 is 17.3 Å². The Labute approximate surface area is 122 Å². The lowest BCUT2D eigenvalue weighted by molar-refractivity contribution is -0.386. The number of nitro benzene ring substituents is 1. The Kier molecular flexibility index (Phi) is 4.58. The zero-order chi connectivity index (χ0) is 14.5. The molecule has 0 aliphatic heterocycles. The van der Waals surface area contributed by atoms with Crippen LogP contribution in [0.2, 0.25) is 0 Å². The number of rotatable bonds is 5. The Hall–Kier alpha value is -2.07. The highest BCUT2D eigenvalue weighted by atomic mass is 35.5. The van der Waals surface area contributed by atoms with Crippen molar-refractivity contribution in [3.8, 4) is 5.75 Å². The first-order valence-electron chi connectivity index (χ1n) is 6.12. The minimum absolute atomic E-state index is 0.0487. The van der Waals surface area contributed by atoms with E-state index in [0.29, 0.717) is 12.5 Å². The van der Waals surface area contributed by atoms with Gasteiger partial charge in [0.15, 0.2) is 5.75 Å². The second-order valence-electron chi connectivity index (χ2n) is 4.41. The van der Waals surface area contributed by atoms with Crippen LogP contribution >= 0.6 is 11.6 Å². The van der Waals surface area contributed by atoms with Gasteiger partial charge in [-0.3, -0.25) is 10.1 Å². The lowest BCUT2D eigenvalue weighted by Crippen LogP contribution is -2.01. The maximum atomic E-state index is 11.0. The quantitative estimate of drug-likeness (QED) is 0.471. The summed E-state index contributed by atoms with van der Waals surface area (Å²) in [5.74, 6) is 0.537. The number of hydrogen-bond donors (Lipinski definition) is 0. The minimum atomic E-state index is -0.453. The highest BCUT2D eigenvalue weighted by Gasteiger charge is 2.15. The second-order valence-corrected chi connectivity index (χ2v) is 4.68. The lowest BCUT2D eigenvalue weighted by atomic mass is 10.1. The molecule has 2 aromatic rings. The maximum Gasteiger partial charge on any atom is 0.310 e. The number of halogens is 1. The molecule has 0 saturated carbocycles. The van der Waals surface area contributed by atoms with E-state index in [1.54, 1.807) is 12.1 Å². The van der Waals surface area contributed by atoms with E-state index in [-0.39, 0.29) is 11.4 Å². The molecule has 0 unspecified atom stereocenters. The molecule has 0 atom stereocenters. The fourth-order valence-electron chi connectivity index (χ4n) is 1.84. The van der Waals surface area contributed by atoms with Gasteiger partial charge in [-0.1, -0.05) is 30.3 Å². The Morgan fingerprint density at radius 3 is 2.65 bits per heavy atom. The first-order chi connectivity index (χ1) is 9.61. The van der Waals surface area contributed by atoms with E-state index in [0.717, 1.165) is 16.7 Å². The van der Waals surface area contributed by atoms with E-state index in [1.165, 1.54) is 6.07 Å². The molecule has 0 aromatic heterocycles. The topological polar surface area (TPSA) is 52.4 Å². The third-order valence-electron chi connectivity index (χ3n) is 3.02. The molecular formula is C15H14ClNO3. The number of nitro groups is 1. The van der Waals surface area contributed by atoms with Gasteiger partial charge in [0.05, 0.1) is 4.92 Å².